The van der Waals surface area contributed by atoms with E-state index in [9.17, 15) is 13.0 Å². The van der Waals surface area contributed by atoms with E-state index in [4.69, 9.17) is 9.59 Å². The van der Waals surface area contributed by atoms with Gasteiger partial charge in [-0.1, -0.05) is 101 Å². The minimum atomic E-state index is -4.66. The van der Waals surface area contributed by atoms with Crippen molar-refractivity contribution in [3.63, 3.8) is 0 Å². The highest BCUT2D eigenvalue weighted by Gasteiger charge is 2.17. The monoisotopic (exact) mass is 716 g/mol. The van der Waals surface area contributed by atoms with Gasteiger partial charge in [0.1, 0.15) is 17.0 Å². The summed E-state index contributed by atoms with van der Waals surface area (Å²) in [5.74, 6) is 0.991. The lowest BCUT2D eigenvalue weighted by atomic mass is 9.69. The van der Waals surface area contributed by atoms with Crippen LogP contribution in [0, 0.1) is 6.92 Å². The number of rotatable bonds is 14. The number of hydrogen-bond donors (Lipinski definition) is 4. The number of aromatic nitrogens is 6. The molecule has 0 aliphatic rings. The molecule has 6 rings (SSSR count). The number of hydrogen-bond acceptors (Lipinski definition) is 14. The summed E-state index contributed by atoms with van der Waals surface area (Å²) in [6.45, 7) is 1.76. The Morgan fingerprint density at radius 1 is 0.725 bits per heavy atom. The van der Waals surface area contributed by atoms with Gasteiger partial charge in [0.05, 0.1) is 23.5 Å². The van der Waals surface area contributed by atoms with E-state index < -0.39 is 10.1 Å². The van der Waals surface area contributed by atoms with Crippen molar-refractivity contribution in [2.24, 2.45) is 0 Å². The van der Waals surface area contributed by atoms with Crippen molar-refractivity contribution in [1.29, 1.82) is 0 Å². The van der Waals surface area contributed by atoms with Gasteiger partial charge in [0, 0.05) is 16.3 Å². The van der Waals surface area contributed by atoms with Crippen LogP contribution in [0.2, 0.25) is 0 Å². The Bertz CT molecular complexity index is 2270. The van der Waals surface area contributed by atoms with E-state index in [1.807, 2.05) is 67.9 Å². The fraction of sp³-hybridized carbons (Fsp3) is 0.0303. The quantitative estimate of drug-likeness (QED) is 0.0321. The maximum Gasteiger partial charge on any atom is 0.295 e. The summed E-state index contributed by atoms with van der Waals surface area (Å²) in [6.07, 6.45) is 4.46. The number of anilines is 4. The maximum atomic E-state index is 12.5. The van der Waals surface area contributed by atoms with Crippen LogP contribution in [0.4, 0.5) is 23.3 Å². The van der Waals surface area contributed by atoms with Crippen molar-refractivity contribution < 1.29 is 27.6 Å². The third kappa shape index (κ3) is 10.0. The Morgan fingerprint density at radius 3 is 2.02 bits per heavy atom. The van der Waals surface area contributed by atoms with Crippen molar-refractivity contribution >= 4 is 94.5 Å². The molecule has 0 aliphatic carbocycles. The Morgan fingerprint density at radius 2 is 1.33 bits per heavy atom. The van der Waals surface area contributed by atoms with Gasteiger partial charge in [-0.05, 0) is 42.3 Å². The van der Waals surface area contributed by atoms with Crippen molar-refractivity contribution in [2.45, 2.75) is 16.7 Å². The van der Waals surface area contributed by atoms with Crippen LogP contribution in [-0.2, 0) is 19.5 Å². The van der Waals surface area contributed by atoms with E-state index in [0.29, 0.717) is 57.1 Å². The topological polar surface area (TPSA) is 194 Å². The summed E-state index contributed by atoms with van der Waals surface area (Å²) in [7, 11) is -1.06. The van der Waals surface area contributed by atoms with E-state index >= 15 is 0 Å². The van der Waals surface area contributed by atoms with Crippen LogP contribution < -0.4 is 33.0 Å². The number of aryl methyl sites for hydroxylation is 1. The molecule has 0 unspecified atom stereocenters. The summed E-state index contributed by atoms with van der Waals surface area (Å²) in [6, 6.07) is 28.7. The van der Waals surface area contributed by atoms with Crippen LogP contribution in [0.5, 0.6) is 0 Å². The zero-order valence-corrected chi connectivity index (χ0v) is 28.3. The molecule has 0 spiro atoms. The predicted octanol–water partition coefficient (Wildman–Crippen LogP) is 3.01. The summed E-state index contributed by atoms with van der Waals surface area (Å²) in [5.41, 5.74) is 4.33. The predicted molar refractivity (Wildman–Crippen MR) is 196 cm³/mol. The molecule has 4 aromatic carbocycles. The van der Waals surface area contributed by atoms with Gasteiger partial charge < -0.3 is 10.6 Å². The van der Waals surface area contributed by atoms with Crippen LogP contribution in [0.1, 0.15) is 17.0 Å². The molecule has 0 bridgehead atoms. The van der Waals surface area contributed by atoms with E-state index in [-0.39, 0.29) is 16.4 Å². The summed E-state index contributed by atoms with van der Waals surface area (Å²) < 4.78 is 39.7. The Hall–Kier alpha value is -5.49. The Labute approximate surface area is 298 Å². The molecule has 0 saturated carbocycles. The largest absolute Gasteiger partial charge is 0.324 e. The lowest BCUT2D eigenvalue weighted by molar-refractivity contribution is -0.432. The fourth-order valence-electron chi connectivity index (χ4n) is 4.74. The molecule has 0 fully saturated rings. The third-order valence-electron chi connectivity index (χ3n) is 6.96. The zero-order chi connectivity index (χ0) is 35.6. The Balaban J connectivity index is 1.22. The zero-order valence-electron chi connectivity index (χ0n) is 26.7. The first-order chi connectivity index (χ1) is 24.7. The maximum absolute atomic E-state index is 12.5. The molecule has 0 amide bonds. The van der Waals surface area contributed by atoms with Crippen LogP contribution in [0.15, 0.2) is 113 Å². The van der Waals surface area contributed by atoms with Crippen LogP contribution in [0.3, 0.4) is 0 Å². The lowest BCUT2D eigenvalue weighted by Crippen LogP contribution is -2.33. The molecule has 6 aromatic rings. The van der Waals surface area contributed by atoms with Crippen LogP contribution >= 0.6 is 12.0 Å². The molecule has 0 saturated heterocycles. The van der Waals surface area contributed by atoms with Gasteiger partial charge in [-0.25, -0.2) is 30.2 Å². The second-order valence-corrected chi connectivity index (χ2v) is 12.8. The van der Waals surface area contributed by atoms with Crippen molar-refractivity contribution in [1.82, 2.24) is 29.9 Å². The van der Waals surface area contributed by atoms with Crippen molar-refractivity contribution in [2.75, 3.05) is 10.6 Å². The third-order valence-corrected chi connectivity index (χ3v) is 8.53. The highest BCUT2D eigenvalue weighted by atomic mass is 32.2. The number of benzene rings is 4. The molecule has 252 valence electrons. The first-order valence-corrected chi connectivity index (χ1v) is 17.2. The van der Waals surface area contributed by atoms with Gasteiger partial charge in [-0.2, -0.15) is 13.4 Å². The molecule has 0 atom stereocenters. The smallest absolute Gasteiger partial charge is 0.295 e. The number of nitrogens with zero attached hydrogens (tertiary/aromatic N) is 6. The van der Waals surface area contributed by atoms with Crippen LogP contribution in [-0.4, -0.2) is 62.7 Å². The molecule has 51 heavy (non-hydrogen) atoms. The van der Waals surface area contributed by atoms with Crippen molar-refractivity contribution in [3.05, 3.63) is 120 Å². The van der Waals surface area contributed by atoms with E-state index in [1.165, 1.54) is 24.5 Å². The lowest BCUT2D eigenvalue weighted by Gasteiger charge is -2.11. The van der Waals surface area contributed by atoms with Gasteiger partial charge in [0.25, 0.3) is 10.1 Å². The van der Waals surface area contributed by atoms with Gasteiger partial charge in [0.2, 0.25) is 26.5 Å². The van der Waals surface area contributed by atoms with Crippen LogP contribution in [0.25, 0.3) is 12.2 Å². The van der Waals surface area contributed by atoms with Gasteiger partial charge in [-0.15, -0.1) is 4.33 Å². The van der Waals surface area contributed by atoms with Gasteiger partial charge >= 0.3 is 0 Å². The molecular weight excluding hydrogens is 690 g/mol. The minimum absolute atomic E-state index is 0.177. The van der Waals surface area contributed by atoms with E-state index in [0.717, 1.165) is 10.9 Å². The highest BCUT2D eigenvalue weighted by Crippen LogP contribution is 2.31. The highest BCUT2D eigenvalue weighted by molar-refractivity contribution is 7.94. The molecule has 14 nitrogen and oxygen atoms in total. The second-order valence-electron chi connectivity index (χ2n) is 10.6. The molecular formula is C33H26B2N8O6S2. The average molecular weight is 716 g/mol. The normalized spacial score (nSPS) is 11.4. The summed E-state index contributed by atoms with van der Waals surface area (Å²) in [5, 5.41) is 18.8. The molecule has 4 N–H and O–H groups in total. The summed E-state index contributed by atoms with van der Waals surface area (Å²) in [4.78, 5) is 26.0. The number of nitrogens with one attached hydrogen (secondary N) is 2. The average Bonchev–Trinajstić information content (AvgIpc) is 3.11. The Kier molecular flexibility index (Phi) is 11.4. The first kappa shape index (κ1) is 35.3. The molecule has 18 heteroatoms. The van der Waals surface area contributed by atoms with Crippen molar-refractivity contribution in [3.8, 4) is 0 Å². The van der Waals surface area contributed by atoms with E-state index in [1.54, 1.807) is 44.5 Å². The van der Waals surface area contributed by atoms with Gasteiger partial charge in [-0.3, -0.25) is 4.55 Å². The standard InChI is InChI=1S/C33H26B2N8O6S2/c1-21-38-31(35-25-10-6-3-7-11-25)43-33(39-21)41-26-16-14-22(28(18-26)50-49-48-44)12-13-23-15-17-27(19-29(23)51(45,46)47)40-32-37-20-36-30(42-32)34-24-8-4-2-5-9-24/h2-20,44H,1H3,(H,45,46,47)(H,36,37,40,42)(H,38,39,41,43)/b13-12+. The summed E-state index contributed by atoms with van der Waals surface area (Å²) >= 11 is 0.708. The SMILES string of the molecule is Cc1nc([B]c2ccccc2)nc(Nc2ccc(/C=C/c3ccc(Nc4ncnc([B]c5ccccc5)n4)cc3S(=O)(=O)O)c(SOOO)c2)n1. The second kappa shape index (κ2) is 16.5. The minimum Gasteiger partial charge on any atom is -0.324 e. The molecule has 2 aromatic heterocycles. The fourth-order valence-corrected chi connectivity index (χ4v) is 5.96. The molecule has 0 aliphatic heterocycles. The van der Waals surface area contributed by atoms with E-state index in [2.05, 4.69) is 45.6 Å². The first-order valence-electron chi connectivity index (χ1n) is 15.1. The molecule has 2 heterocycles. The van der Waals surface area contributed by atoms with Gasteiger partial charge in [0.15, 0.2) is 0 Å². The molecule has 2 radical (unpaired) electrons.